The van der Waals surface area contributed by atoms with E-state index in [1.54, 1.807) is 6.20 Å². The minimum absolute atomic E-state index is 0.170. The van der Waals surface area contributed by atoms with Crippen LogP contribution in [0.25, 0.3) is 5.69 Å². The van der Waals surface area contributed by atoms with Crippen LogP contribution in [-0.4, -0.2) is 35.5 Å². The molecule has 20 heavy (non-hydrogen) atoms. The predicted molar refractivity (Wildman–Crippen MR) is 78.9 cm³/mol. The highest BCUT2D eigenvalue weighted by Gasteiger charge is 2.24. The van der Waals surface area contributed by atoms with Gasteiger partial charge in [0.05, 0.1) is 11.5 Å². The summed E-state index contributed by atoms with van der Waals surface area (Å²) in [7, 11) is -2.82. The molecule has 0 atom stereocenters. The normalized spacial score (nSPS) is 18.8. The summed E-state index contributed by atoms with van der Waals surface area (Å²) in [5, 5.41) is 3.35. The first-order chi connectivity index (χ1) is 9.64. The Morgan fingerprint density at radius 1 is 1.15 bits per heavy atom. The number of rotatable bonds is 3. The van der Waals surface area contributed by atoms with Crippen LogP contribution in [0.15, 0.2) is 42.7 Å². The molecule has 2 heterocycles. The van der Waals surface area contributed by atoms with Gasteiger partial charge in [-0.15, -0.1) is 0 Å². The number of nitrogens with zero attached hydrogens (tertiary/aromatic N) is 2. The number of hydrogen-bond acceptors (Lipinski definition) is 4. The molecule has 0 bridgehead atoms. The molecule has 1 N–H and O–H groups in total. The summed E-state index contributed by atoms with van der Waals surface area (Å²) in [6.07, 6.45) is 4.93. The summed E-state index contributed by atoms with van der Waals surface area (Å²) in [6.45, 7) is 0. The first kappa shape index (κ1) is 13.2. The van der Waals surface area contributed by atoms with Crippen LogP contribution in [0.1, 0.15) is 12.8 Å². The number of hydrogen-bond donors (Lipinski definition) is 1. The molecule has 0 amide bonds. The summed E-state index contributed by atoms with van der Waals surface area (Å²) in [5.41, 5.74) is 1.04. The number of sulfone groups is 1. The molecular weight excluding hydrogens is 274 g/mol. The van der Waals surface area contributed by atoms with Crippen molar-refractivity contribution in [2.24, 2.45) is 0 Å². The maximum atomic E-state index is 11.4. The van der Waals surface area contributed by atoms with Gasteiger partial charge in [0.2, 0.25) is 5.95 Å². The lowest BCUT2D eigenvalue weighted by Crippen LogP contribution is -2.32. The zero-order valence-corrected chi connectivity index (χ0v) is 11.9. The Labute approximate surface area is 118 Å². The van der Waals surface area contributed by atoms with E-state index in [-0.39, 0.29) is 17.5 Å². The molecule has 1 aliphatic heterocycles. The van der Waals surface area contributed by atoms with E-state index in [1.165, 1.54) is 0 Å². The number of para-hydroxylation sites is 1. The van der Waals surface area contributed by atoms with Gasteiger partial charge in [0.25, 0.3) is 0 Å². The molecule has 6 heteroatoms. The van der Waals surface area contributed by atoms with Gasteiger partial charge in [0, 0.05) is 24.1 Å². The molecule has 0 unspecified atom stereocenters. The minimum atomic E-state index is -2.82. The molecule has 0 aliphatic carbocycles. The van der Waals surface area contributed by atoms with E-state index in [2.05, 4.69) is 10.3 Å². The predicted octanol–water partition coefficient (Wildman–Crippen LogP) is 1.86. The first-order valence-corrected chi connectivity index (χ1v) is 8.52. The van der Waals surface area contributed by atoms with E-state index in [1.807, 2.05) is 41.1 Å². The fourth-order valence-corrected chi connectivity index (χ4v) is 3.92. The summed E-state index contributed by atoms with van der Waals surface area (Å²) in [6, 6.07) is 10.1. The van der Waals surface area contributed by atoms with Gasteiger partial charge in [-0.25, -0.2) is 13.4 Å². The highest BCUT2D eigenvalue weighted by molar-refractivity contribution is 7.91. The number of aromatic nitrogens is 2. The third-order valence-corrected chi connectivity index (χ3v) is 5.28. The first-order valence-electron chi connectivity index (χ1n) is 6.70. The Kier molecular flexibility index (Phi) is 3.48. The summed E-state index contributed by atoms with van der Waals surface area (Å²) < 4.78 is 24.9. The molecular formula is C14H17N3O2S. The van der Waals surface area contributed by atoms with Gasteiger partial charge >= 0.3 is 0 Å². The quantitative estimate of drug-likeness (QED) is 0.937. The van der Waals surface area contributed by atoms with Crippen molar-refractivity contribution in [2.45, 2.75) is 18.9 Å². The monoisotopic (exact) mass is 291 g/mol. The van der Waals surface area contributed by atoms with Gasteiger partial charge in [0.1, 0.15) is 9.84 Å². The summed E-state index contributed by atoms with van der Waals surface area (Å²) >= 11 is 0. The lowest BCUT2D eigenvalue weighted by atomic mass is 10.2. The molecule has 1 aromatic carbocycles. The van der Waals surface area contributed by atoms with Gasteiger partial charge in [0.15, 0.2) is 0 Å². The van der Waals surface area contributed by atoms with E-state index >= 15 is 0 Å². The molecule has 1 saturated heterocycles. The molecule has 3 rings (SSSR count). The highest BCUT2D eigenvalue weighted by Crippen LogP contribution is 2.19. The fourth-order valence-electron chi connectivity index (χ4n) is 2.42. The van der Waals surface area contributed by atoms with Crippen LogP contribution in [0.4, 0.5) is 5.95 Å². The maximum Gasteiger partial charge on any atom is 0.207 e. The van der Waals surface area contributed by atoms with E-state index in [0.29, 0.717) is 12.8 Å². The summed E-state index contributed by atoms with van der Waals surface area (Å²) in [5.74, 6) is 1.29. The van der Waals surface area contributed by atoms with Crippen molar-refractivity contribution in [3.63, 3.8) is 0 Å². The van der Waals surface area contributed by atoms with Gasteiger partial charge in [-0.2, -0.15) is 0 Å². The molecule has 1 aromatic heterocycles. The topological polar surface area (TPSA) is 64.0 Å². The Balaban J connectivity index is 1.75. The van der Waals surface area contributed by atoms with Crippen molar-refractivity contribution in [1.29, 1.82) is 0 Å². The average Bonchev–Trinajstić information content (AvgIpc) is 2.90. The third kappa shape index (κ3) is 2.85. The van der Waals surface area contributed by atoms with E-state index < -0.39 is 9.84 Å². The number of nitrogens with one attached hydrogen (secondary N) is 1. The van der Waals surface area contributed by atoms with Gasteiger partial charge in [-0.1, -0.05) is 18.2 Å². The molecule has 5 nitrogen and oxygen atoms in total. The van der Waals surface area contributed by atoms with Crippen LogP contribution in [0.5, 0.6) is 0 Å². The van der Waals surface area contributed by atoms with Crippen LogP contribution < -0.4 is 5.32 Å². The maximum absolute atomic E-state index is 11.4. The van der Waals surface area contributed by atoms with E-state index in [9.17, 15) is 8.42 Å². The largest absolute Gasteiger partial charge is 0.353 e. The molecule has 1 fully saturated rings. The van der Waals surface area contributed by atoms with Gasteiger partial charge < -0.3 is 5.32 Å². The zero-order chi connectivity index (χ0) is 14.0. The number of imidazole rings is 1. The second kappa shape index (κ2) is 5.28. The molecule has 1 aliphatic rings. The van der Waals surface area contributed by atoms with Crippen LogP contribution >= 0.6 is 0 Å². The van der Waals surface area contributed by atoms with E-state index in [4.69, 9.17) is 0 Å². The van der Waals surface area contributed by atoms with Crippen molar-refractivity contribution < 1.29 is 8.42 Å². The van der Waals surface area contributed by atoms with Crippen LogP contribution in [-0.2, 0) is 9.84 Å². The van der Waals surface area contributed by atoms with E-state index in [0.717, 1.165) is 11.6 Å². The number of benzene rings is 1. The van der Waals surface area contributed by atoms with Crippen molar-refractivity contribution >= 4 is 15.8 Å². The average molecular weight is 291 g/mol. The minimum Gasteiger partial charge on any atom is -0.353 e. The van der Waals surface area contributed by atoms with Gasteiger partial charge in [-0.05, 0) is 25.0 Å². The second-order valence-electron chi connectivity index (χ2n) is 5.03. The second-order valence-corrected chi connectivity index (χ2v) is 7.33. The lowest BCUT2D eigenvalue weighted by molar-refractivity contribution is 0.558. The van der Waals surface area contributed by atoms with Crippen LogP contribution in [0.3, 0.4) is 0 Å². The SMILES string of the molecule is O=S1(=O)CCC(Nc2nccn2-c2ccccc2)CC1. The van der Waals surface area contributed by atoms with Crippen molar-refractivity contribution in [3.8, 4) is 5.69 Å². The molecule has 2 aromatic rings. The Morgan fingerprint density at radius 2 is 1.85 bits per heavy atom. The van der Waals surface area contributed by atoms with Crippen LogP contribution in [0.2, 0.25) is 0 Å². The zero-order valence-electron chi connectivity index (χ0n) is 11.1. The van der Waals surface area contributed by atoms with Crippen molar-refractivity contribution in [3.05, 3.63) is 42.7 Å². The molecule has 0 saturated carbocycles. The molecule has 106 valence electrons. The molecule has 0 radical (unpaired) electrons. The van der Waals surface area contributed by atoms with Crippen LogP contribution in [0, 0.1) is 0 Å². The Bertz CT molecular complexity index is 665. The Morgan fingerprint density at radius 3 is 2.55 bits per heavy atom. The summed E-state index contributed by atoms with van der Waals surface area (Å²) in [4.78, 5) is 4.33. The molecule has 0 spiro atoms. The lowest BCUT2D eigenvalue weighted by Gasteiger charge is -2.23. The highest BCUT2D eigenvalue weighted by atomic mass is 32.2. The third-order valence-electron chi connectivity index (χ3n) is 3.56. The van der Waals surface area contributed by atoms with Crippen molar-refractivity contribution in [2.75, 3.05) is 16.8 Å². The number of anilines is 1. The standard InChI is InChI=1S/C14H17N3O2S/c18-20(19)10-6-12(7-11-20)16-14-15-8-9-17(14)13-4-2-1-3-5-13/h1-5,8-9,12H,6-7,10-11H2,(H,15,16). The van der Waals surface area contributed by atoms with Gasteiger partial charge in [-0.3, -0.25) is 4.57 Å². The fraction of sp³-hybridized carbons (Fsp3) is 0.357. The van der Waals surface area contributed by atoms with Crippen molar-refractivity contribution in [1.82, 2.24) is 9.55 Å². The smallest absolute Gasteiger partial charge is 0.207 e. The Hall–Kier alpha value is -1.82.